The fourth-order valence-electron chi connectivity index (χ4n) is 1.23. The highest BCUT2D eigenvalue weighted by Gasteiger charge is 2.17. The molecule has 0 aromatic carbocycles. The van der Waals surface area contributed by atoms with Crippen molar-refractivity contribution in [3.8, 4) is 0 Å². The molecule has 1 rings (SSSR count). The van der Waals surface area contributed by atoms with Gasteiger partial charge in [0.25, 0.3) is 0 Å². The van der Waals surface area contributed by atoms with Crippen LogP contribution in [0.1, 0.15) is 30.0 Å². The highest BCUT2D eigenvalue weighted by atomic mass is 16.5. The molecule has 0 fully saturated rings. The maximum absolute atomic E-state index is 10.8. The molecule has 0 spiro atoms. The quantitative estimate of drug-likeness (QED) is 0.770. The van der Waals surface area contributed by atoms with Crippen LogP contribution in [0, 0.1) is 0 Å². The van der Waals surface area contributed by atoms with Crippen molar-refractivity contribution in [1.29, 1.82) is 0 Å². The summed E-state index contributed by atoms with van der Waals surface area (Å²) in [5.41, 5.74) is 0.368. The molecule has 0 saturated heterocycles. The number of carbonyl (C=O) groups is 1. The fourth-order valence-corrected chi connectivity index (χ4v) is 1.23. The highest BCUT2D eigenvalue weighted by molar-refractivity contribution is 5.86. The Labute approximate surface area is 94.4 Å². The van der Waals surface area contributed by atoms with Crippen molar-refractivity contribution in [2.75, 3.05) is 13.7 Å². The average Bonchev–Trinajstić information content (AvgIpc) is 2.66. The van der Waals surface area contributed by atoms with Gasteiger partial charge in [-0.1, -0.05) is 0 Å². The molecule has 0 saturated carbocycles. The second kappa shape index (κ2) is 5.14. The van der Waals surface area contributed by atoms with Gasteiger partial charge < -0.3 is 19.6 Å². The van der Waals surface area contributed by atoms with E-state index in [4.69, 9.17) is 14.3 Å². The third-order valence-electron chi connectivity index (χ3n) is 2.36. The van der Waals surface area contributed by atoms with E-state index >= 15 is 0 Å². The van der Waals surface area contributed by atoms with E-state index in [1.807, 2.05) is 13.8 Å². The molecule has 0 amide bonds. The first-order valence-corrected chi connectivity index (χ1v) is 5.02. The molecule has 5 nitrogen and oxygen atoms in total. The van der Waals surface area contributed by atoms with Gasteiger partial charge in [0.2, 0.25) is 5.76 Å². The molecule has 1 aromatic heterocycles. The predicted molar refractivity (Wildman–Crippen MR) is 58.5 cm³/mol. The van der Waals surface area contributed by atoms with Crippen LogP contribution in [0.5, 0.6) is 0 Å². The standard InChI is InChI=1S/C11H17NO4/c1-11(2,15-3)7-12-6-8-4-5-16-9(8)10(13)14/h4-5,12H,6-7H2,1-3H3,(H,13,14). The molecule has 5 heteroatoms. The first-order chi connectivity index (χ1) is 7.46. The maximum atomic E-state index is 10.8. The Morgan fingerprint density at radius 1 is 1.62 bits per heavy atom. The third kappa shape index (κ3) is 3.36. The van der Waals surface area contributed by atoms with Gasteiger partial charge in [-0.3, -0.25) is 0 Å². The zero-order valence-electron chi connectivity index (χ0n) is 9.74. The number of rotatable bonds is 6. The molecule has 2 N–H and O–H groups in total. The smallest absolute Gasteiger partial charge is 0.372 e. The fraction of sp³-hybridized carbons (Fsp3) is 0.545. The SMILES string of the molecule is COC(C)(C)CNCc1ccoc1C(=O)O. The zero-order chi connectivity index (χ0) is 12.2. The summed E-state index contributed by atoms with van der Waals surface area (Å²) < 4.78 is 10.1. The minimum absolute atomic E-state index is 0.0114. The number of nitrogens with one attached hydrogen (secondary N) is 1. The van der Waals surface area contributed by atoms with E-state index < -0.39 is 5.97 Å². The van der Waals surface area contributed by atoms with Gasteiger partial charge in [0.15, 0.2) is 0 Å². The van der Waals surface area contributed by atoms with Crippen molar-refractivity contribution in [2.45, 2.75) is 26.0 Å². The summed E-state index contributed by atoms with van der Waals surface area (Å²) in [5, 5.41) is 11.9. The van der Waals surface area contributed by atoms with Crippen molar-refractivity contribution < 1.29 is 19.1 Å². The van der Waals surface area contributed by atoms with Crippen molar-refractivity contribution in [3.05, 3.63) is 23.7 Å². The van der Waals surface area contributed by atoms with Crippen LogP contribution in [0.25, 0.3) is 0 Å². The van der Waals surface area contributed by atoms with Crippen LogP contribution in [0.2, 0.25) is 0 Å². The zero-order valence-corrected chi connectivity index (χ0v) is 9.74. The summed E-state index contributed by atoms with van der Waals surface area (Å²) in [6, 6.07) is 1.65. The first-order valence-electron chi connectivity index (χ1n) is 5.02. The lowest BCUT2D eigenvalue weighted by molar-refractivity contribution is 0.0230. The number of carboxylic acid groups (broad SMARTS) is 1. The lowest BCUT2D eigenvalue weighted by Crippen LogP contribution is -2.36. The van der Waals surface area contributed by atoms with Crippen LogP contribution in [-0.4, -0.2) is 30.3 Å². The topological polar surface area (TPSA) is 71.7 Å². The molecule has 0 aliphatic carbocycles. The monoisotopic (exact) mass is 227 g/mol. The Kier molecular flexibility index (Phi) is 4.09. The van der Waals surface area contributed by atoms with Crippen LogP contribution in [0.4, 0.5) is 0 Å². The summed E-state index contributed by atoms with van der Waals surface area (Å²) in [5.74, 6) is -1.06. The first kappa shape index (κ1) is 12.7. The van der Waals surface area contributed by atoms with Crippen LogP contribution >= 0.6 is 0 Å². The van der Waals surface area contributed by atoms with E-state index in [0.29, 0.717) is 18.7 Å². The second-order valence-corrected chi connectivity index (χ2v) is 4.15. The van der Waals surface area contributed by atoms with Crippen molar-refractivity contribution >= 4 is 5.97 Å². The Hall–Kier alpha value is -1.33. The van der Waals surface area contributed by atoms with Gasteiger partial charge in [0.05, 0.1) is 11.9 Å². The van der Waals surface area contributed by atoms with E-state index in [9.17, 15) is 4.79 Å². The van der Waals surface area contributed by atoms with Crippen LogP contribution in [0.15, 0.2) is 16.7 Å². The minimum atomic E-state index is -1.05. The molecule has 1 heterocycles. The minimum Gasteiger partial charge on any atom is -0.475 e. The van der Waals surface area contributed by atoms with Gasteiger partial charge in [0, 0.05) is 25.8 Å². The van der Waals surface area contributed by atoms with E-state index in [1.165, 1.54) is 6.26 Å². The molecule has 0 unspecified atom stereocenters. The summed E-state index contributed by atoms with van der Waals surface area (Å²) in [4.78, 5) is 10.8. The summed E-state index contributed by atoms with van der Waals surface area (Å²) in [6.07, 6.45) is 1.38. The van der Waals surface area contributed by atoms with Crippen molar-refractivity contribution in [1.82, 2.24) is 5.32 Å². The number of hydrogen-bond acceptors (Lipinski definition) is 4. The molecular weight excluding hydrogens is 210 g/mol. The van der Waals surface area contributed by atoms with Crippen LogP contribution < -0.4 is 5.32 Å². The van der Waals surface area contributed by atoms with E-state index in [2.05, 4.69) is 5.32 Å². The maximum Gasteiger partial charge on any atom is 0.372 e. The van der Waals surface area contributed by atoms with Gasteiger partial charge in [-0.2, -0.15) is 0 Å². The van der Waals surface area contributed by atoms with Crippen LogP contribution in [-0.2, 0) is 11.3 Å². The number of furan rings is 1. The molecule has 0 atom stereocenters. The van der Waals surface area contributed by atoms with Crippen molar-refractivity contribution in [2.24, 2.45) is 0 Å². The second-order valence-electron chi connectivity index (χ2n) is 4.15. The summed E-state index contributed by atoms with van der Waals surface area (Å²) >= 11 is 0. The molecule has 0 aliphatic rings. The molecular formula is C11H17NO4. The molecule has 0 bridgehead atoms. The summed E-state index contributed by atoms with van der Waals surface area (Å²) in [7, 11) is 1.64. The Balaban J connectivity index is 2.49. The lowest BCUT2D eigenvalue weighted by atomic mass is 10.1. The van der Waals surface area contributed by atoms with E-state index in [1.54, 1.807) is 13.2 Å². The number of methoxy groups -OCH3 is 1. The highest BCUT2D eigenvalue weighted by Crippen LogP contribution is 2.11. The Morgan fingerprint density at radius 3 is 2.88 bits per heavy atom. The molecule has 90 valence electrons. The Morgan fingerprint density at radius 2 is 2.31 bits per heavy atom. The predicted octanol–water partition coefficient (Wildman–Crippen LogP) is 1.49. The molecule has 0 radical (unpaired) electrons. The van der Waals surface area contributed by atoms with E-state index in [-0.39, 0.29) is 11.4 Å². The van der Waals surface area contributed by atoms with Gasteiger partial charge >= 0.3 is 5.97 Å². The molecule has 1 aromatic rings. The number of carboxylic acids is 1. The third-order valence-corrected chi connectivity index (χ3v) is 2.36. The number of ether oxygens (including phenoxy) is 1. The van der Waals surface area contributed by atoms with Crippen LogP contribution in [0.3, 0.4) is 0 Å². The Bertz CT molecular complexity index is 357. The van der Waals surface area contributed by atoms with E-state index in [0.717, 1.165) is 0 Å². The largest absolute Gasteiger partial charge is 0.475 e. The molecule has 0 aliphatic heterocycles. The number of hydrogen-bond donors (Lipinski definition) is 2. The van der Waals surface area contributed by atoms with Gasteiger partial charge in [0.1, 0.15) is 0 Å². The normalized spacial score (nSPS) is 11.7. The number of aromatic carboxylic acids is 1. The average molecular weight is 227 g/mol. The van der Waals surface area contributed by atoms with Gasteiger partial charge in [-0.15, -0.1) is 0 Å². The van der Waals surface area contributed by atoms with Gasteiger partial charge in [-0.05, 0) is 19.9 Å². The summed E-state index contributed by atoms with van der Waals surface area (Å²) in [6.45, 7) is 4.99. The molecule has 16 heavy (non-hydrogen) atoms. The lowest BCUT2D eigenvalue weighted by Gasteiger charge is -2.23. The van der Waals surface area contributed by atoms with Crippen molar-refractivity contribution in [3.63, 3.8) is 0 Å². The van der Waals surface area contributed by atoms with Gasteiger partial charge in [-0.25, -0.2) is 4.79 Å².